The zero-order valence-corrected chi connectivity index (χ0v) is 19.5. The first-order valence-corrected chi connectivity index (χ1v) is 9.67. The zero-order valence-electron chi connectivity index (χ0n) is 17.2. The molecular weight excluding hydrogens is 498 g/mol. The van der Waals surface area contributed by atoms with Crippen molar-refractivity contribution in [1.82, 2.24) is 19.7 Å². The SMILES string of the molecule is CN=C(NCCCCn1c(C)cccc1=O)N1CCN(C(C)C(F)(F)F)CC1.I. The molecule has 1 saturated heterocycles. The molecule has 0 aromatic carbocycles. The number of halogens is 4. The summed E-state index contributed by atoms with van der Waals surface area (Å²) in [5.74, 6) is 0.715. The molecule has 2 rings (SSSR count). The summed E-state index contributed by atoms with van der Waals surface area (Å²) in [4.78, 5) is 19.6. The maximum Gasteiger partial charge on any atom is 0.403 e. The van der Waals surface area contributed by atoms with Gasteiger partial charge in [0, 0.05) is 58.1 Å². The summed E-state index contributed by atoms with van der Waals surface area (Å²) < 4.78 is 40.3. The molecule has 1 unspecified atom stereocenters. The van der Waals surface area contributed by atoms with E-state index in [1.54, 1.807) is 23.7 Å². The summed E-state index contributed by atoms with van der Waals surface area (Å²) in [6.45, 7) is 6.24. The normalized spacial score (nSPS) is 17.0. The van der Waals surface area contributed by atoms with Crippen LogP contribution < -0.4 is 10.9 Å². The Labute approximate surface area is 187 Å². The highest BCUT2D eigenvalue weighted by molar-refractivity contribution is 14.0. The Morgan fingerprint density at radius 2 is 1.86 bits per heavy atom. The molecule has 166 valence electrons. The number of aromatic nitrogens is 1. The van der Waals surface area contributed by atoms with Gasteiger partial charge in [0.2, 0.25) is 0 Å². The molecule has 1 N–H and O–H groups in total. The van der Waals surface area contributed by atoms with Crippen molar-refractivity contribution < 1.29 is 13.2 Å². The number of hydrogen-bond donors (Lipinski definition) is 1. The maximum absolute atomic E-state index is 12.9. The Morgan fingerprint density at radius 1 is 1.21 bits per heavy atom. The Balaban J connectivity index is 0.00000420. The Morgan fingerprint density at radius 3 is 2.41 bits per heavy atom. The van der Waals surface area contributed by atoms with Crippen LogP contribution in [0.3, 0.4) is 0 Å². The van der Waals surface area contributed by atoms with E-state index < -0.39 is 12.2 Å². The average molecular weight is 529 g/mol. The third-order valence-corrected chi connectivity index (χ3v) is 5.21. The third kappa shape index (κ3) is 7.47. The average Bonchev–Trinajstić information content (AvgIpc) is 2.65. The number of aliphatic imine (C=N–C) groups is 1. The summed E-state index contributed by atoms with van der Waals surface area (Å²) in [5.41, 5.74) is 0.956. The first kappa shape index (κ1) is 25.7. The number of unbranched alkanes of at least 4 members (excludes halogenated alkanes) is 1. The van der Waals surface area contributed by atoms with Crippen molar-refractivity contribution in [3.05, 3.63) is 34.2 Å². The summed E-state index contributed by atoms with van der Waals surface area (Å²) >= 11 is 0. The van der Waals surface area contributed by atoms with Crippen molar-refractivity contribution in [3.63, 3.8) is 0 Å². The second-order valence-corrected chi connectivity index (χ2v) is 7.08. The molecule has 0 spiro atoms. The van der Waals surface area contributed by atoms with E-state index in [9.17, 15) is 18.0 Å². The highest BCUT2D eigenvalue weighted by atomic mass is 127. The molecule has 1 aliphatic rings. The van der Waals surface area contributed by atoms with Crippen LogP contribution in [-0.4, -0.2) is 72.3 Å². The highest BCUT2D eigenvalue weighted by Crippen LogP contribution is 2.25. The van der Waals surface area contributed by atoms with Gasteiger partial charge in [-0.25, -0.2) is 0 Å². The number of alkyl halides is 3. The van der Waals surface area contributed by atoms with Gasteiger partial charge in [0.1, 0.15) is 6.04 Å². The maximum atomic E-state index is 12.9. The smallest absolute Gasteiger partial charge is 0.356 e. The van der Waals surface area contributed by atoms with E-state index in [-0.39, 0.29) is 29.5 Å². The van der Waals surface area contributed by atoms with Crippen LogP contribution >= 0.6 is 24.0 Å². The van der Waals surface area contributed by atoms with E-state index in [0.717, 1.165) is 18.5 Å². The zero-order chi connectivity index (χ0) is 20.7. The van der Waals surface area contributed by atoms with Gasteiger partial charge >= 0.3 is 6.18 Å². The standard InChI is InChI=1S/C19H30F3N5O.HI/c1-15-7-6-8-17(28)27(15)10-5-4-9-24-18(23-3)26-13-11-25(12-14-26)16(2)19(20,21)22;/h6-8,16H,4-5,9-14H2,1-3H3,(H,23,24);1H. The molecule has 1 aromatic heterocycles. The molecule has 1 fully saturated rings. The molecule has 0 bridgehead atoms. The number of aryl methyl sites for hydroxylation is 1. The molecule has 0 saturated carbocycles. The van der Waals surface area contributed by atoms with Crippen LogP contribution in [0.4, 0.5) is 13.2 Å². The van der Waals surface area contributed by atoms with Crippen molar-refractivity contribution in [1.29, 1.82) is 0 Å². The molecule has 6 nitrogen and oxygen atoms in total. The number of nitrogens with zero attached hydrogens (tertiary/aromatic N) is 4. The lowest BCUT2D eigenvalue weighted by Gasteiger charge is -2.39. The summed E-state index contributed by atoms with van der Waals surface area (Å²) in [7, 11) is 1.68. The van der Waals surface area contributed by atoms with E-state index in [0.29, 0.717) is 45.2 Å². The molecular formula is C19H31F3IN5O. The molecule has 10 heteroatoms. The minimum atomic E-state index is -4.19. The predicted octanol–water partition coefficient (Wildman–Crippen LogP) is 2.70. The quantitative estimate of drug-likeness (QED) is 0.267. The van der Waals surface area contributed by atoms with E-state index in [2.05, 4.69) is 10.3 Å². The van der Waals surface area contributed by atoms with Crippen LogP contribution in [0.1, 0.15) is 25.5 Å². The first-order valence-electron chi connectivity index (χ1n) is 9.67. The van der Waals surface area contributed by atoms with Crippen LogP contribution in [0, 0.1) is 6.92 Å². The fourth-order valence-electron chi connectivity index (χ4n) is 3.37. The molecule has 0 aliphatic carbocycles. The van der Waals surface area contributed by atoms with Crippen molar-refractivity contribution in [2.45, 2.75) is 45.5 Å². The molecule has 0 amide bonds. The second kappa shape index (κ2) is 11.8. The predicted molar refractivity (Wildman–Crippen MR) is 120 cm³/mol. The summed E-state index contributed by atoms with van der Waals surface area (Å²) in [6.07, 6.45) is -2.47. The number of rotatable bonds is 6. The number of hydrogen-bond acceptors (Lipinski definition) is 3. The highest BCUT2D eigenvalue weighted by Gasteiger charge is 2.41. The van der Waals surface area contributed by atoms with Gasteiger partial charge in [-0.3, -0.25) is 14.7 Å². The molecule has 2 heterocycles. The van der Waals surface area contributed by atoms with Crippen LogP contribution in [-0.2, 0) is 6.54 Å². The molecule has 1 aliphatic heterocycles. The van der Waals surface area contributed by atoms with E-state index >= 15 is 0 Å². The van der Waals surface area contributed by atoms with Crippen molar-refractivity contribution >= 4 is 29.9 Å². The van der Waals surface area contributed by atoms with Gasteiger partial charge in [0.05, 0.1) is 0 Å². The number of piperazine rings is 1. The van der Waals surface area contributed by atoms with Gasteiger partial charge in [-0.1, -0.05) is 6.07 Å². The number of nitrogens with one attached hydrogen (secondary N) is 1. The lowest BCUT2D eigenvalue weighted by molar-refractivity contribution is -0.181. The van der Waals surface area contributed by atoms with Gasteiger partial charge in [0.25, 0.3) is 5.56 Å². The van der Waals surface area contributed by atoms with E-state index in [4.69, 9.17) is 0 Å². The fourth-order valence-corrected chi connectivity index (χ4v) is 3.37. The van der Waals surface area contributed by atoms with Crippen LogP contribution in [0.25, 0.3) is 0 Å². The van der Waals surface area contributed by atoms with Crippen LogP contribution in [0.5, 0.6) is 0 Å². The van der Waals surface area contributed by atoms with Gasteiger partial charge in [-0.2, -0.15) is 13.2 Å². The van der Waals surface area contributed by atoms with Crippen LogP contribution in [0.15, 0.2) is 28.0 Å². The van der Waals surface area contributed by atoms with Crippen LogP contribution in [0.2, 0.25) is 0 Å². The monoisotopic (exact) mass is 529 g/mol. The van der Waals surface area contributed by atoms with Gasteiger partial charge in [0.15, 0.2) is 5.96 Å². The molecule has 1 atom stereocenters. The minimum Gasteiger partial charge on any atom is -0.356 e. The van der Waals surface area contributed by atoms with Gasteiger partial charge < -0.3 is 14.8 Å². The van der Waals surface area contributed by atoms with Crippen molar-refractivity contribution in [2.75, 3.05) is 39.8 Å². The van der Waals surface area contributed by atoms with Gasteiger partial charge in [-0.05, 0) is 32.8 Å². The number of pyridine rings is 1. The molecule has 0 radical (unpaired) electrons. The topological polar surface area (TPSA) is 52.9 Å². The first-order chi connectivity index (χ1) is 13.2. The Bertz CT molecular complexity index is 715. The summed E-state index contributed by atoms with van der Waals surface area (Å²) in [6, 6.07) is 3.82. The Hall–Kier alpha value is -1.30. The van der Waals surface area contributed by atoms with Crippen molar-refractivity contribution in [3.8, 4) is 0 Å². The lowest BCUT2D eigenvalue weighted by Crippen LogP contribution is -2.56. The fraction of sp³-hybridized carbons (Fsp3) is 0.684. The third-order valence-electron chi connectivity index (χ3n) is 5.21. The molecule has 1 aromatic rings. The second-order valence-electron chi connectivity index (χ2n) is 7.08. The van der Waals surface area contributed by atoms with Crippen molar-refractivity contribution in [2.24, 2.45) is 4.99 Å². The molecule has 29 heavy (non-hydrogen) atoms. The Kier molecular flexibility index (Phi) is 10.4. The number of guanidine groups is 1. The van der Waals surface area contributed by atoms with E-state index in [1.807, 2.05) is 17.9 Å². The van der Waals surface area contributed by atoms with Gasteiger partial charge in [-0.15, -0.1) is 24.0 Å². The van der Waals surface area contributed by atoms with E-state index in [1.165, 1.54) is 11.8 Å². The lowest BCUT2D eigenvalue weighted by atomic mass is 10.2. The largest absolute Gasteiger partial charge is 0.403 e. The summed E-state index contributed by atoms with van der Waals surface area (Å²) in [5, 5.41) is 3.28. The minimum absolute atomic E-state index is 0.